The molecule has 0 N–H and O–H groups in total. The molecule has 15 heavy (non-hydrogen) atoms. The first-order valence-electron chi connectivity index (χ1n) is 6.33. The van der Waals surface area contributed by atoms with Gasteiger partial charge < -0.3 is 0 Å². The van der Waals surface area contributed by atoms with Crippen molar-refractivity contribution >= 4 is 18.2 Å². The molecule has 0 fully saturated rings. The maximum absolute atomic E-state index is 11.4. The summed E-state index contributed by atoms with van der Waals surface area (Å²) < 4.78 is 0. The number of carbonyl (C=O) groups excluding carboxylic acids is 1. The Balaban J connectivity index is 0. The van der Waals surface area contributed by atoms with Crippen molar-refractivity contribution in [3.05, 3.63) is 0 Å². The van der Waals surface area contributed by atoms with Crippen molar-refractivity contribution in [2.45, 2.75) is 78.1 Å². The second kappa shape index (κ2) is 14.0. The fraction of sp³-hybridized carbons (Fsp3) is 0.923. The number of rotatable bonds is 10. The van der Waals surface area contributed by atoms with Crippen molar-refractivity contribution in [2.24, 2.45) is 0 Å². The third-order valence-electron chi connectivity index (χ3n) is 2.62. The second-order valence-electron chi connectivity index (χ2n) is 4.16. The summed E-state index contributed by atoms with van der Waals surface area (Å²) in [5.74, 6) is 0.484. The van der Waals surface area contributed by atoms with Crippen LogP contribution in [-0.2, 0) is 4.79 Å². The van der Waals surface area contributed by atoms with Crippen LogP contribution >= 0.6 is 12.4 Å². The van der Waals surface area contributed by atoms with E-state index in [4.69, 9.17) is 0 Å². The molecule has 0 saturated carbocycles. The molecule has 1 nitrogen and oxygen atoms in total. The Kier molecular flexibility index (Phi) is 16.2. The molecule has 0 aliphatic heterocycles. The molecule has 0 aromatic rings. The van der Waals surface area contributed by atoms with Crippen LogP contribution in [0.2, 0.25) is 0 Å². The molecule has 0 aromatic carbocycles. The lowest BCUT2D eigenvalue weighted by Gasteiger charge is -2.00. The van der Waals surface area contributed by atoms with Gasteiger partial charge in [-0.25, -0.2) is 0 Å². The van der Waals surface area contributed by atoms with Gasteiger partial charge in [0.1, 0.15) is 5.78 Å². The molecular formula is C13H27ClO. The Morgan fingerprint density at radius 1 is 0.733 bits per heavy atom. The lowest BCUT2D eigenvalue weighted by molar-refractivity contribution is -0.119. The minimum Gasteiger partial charge on any atom is -0.300 e. The van der Waals surface area contributed by atoms with E-state index < -0.39 is 0 Å². The maximum atomic E-state index is 11.4. The number of carbonyl (C=O) groups is 1. The average molecular weight is 235 g/mol. The summed E-state index contributed by atoms with van der Waals surface area (Å²) in [5, 5.41) is 0. The fourth-order valence-electron chi connectivity index (χ4n) is 1.62. The topological polar surface area (TPSA) is 17.1 Å². The summed E-state index contributed by atoms with van der Waals surface area (Å²) in [6.45, 7) is 4.40. The van der Waals surface area contributed by atoms with Crippen molar-refractivity contribution in [1.82, 2.24) is 0 Å². The van der Waals surface area contributed by atoms with Gasteiger partial charge in [0, 0.05) is 12.8 Å². The SMILES string of the molecule is CCCCCCC(=O)CCCCCC.Cl. The van der Waals surface area contributed by atoms with Crippen LogP contribution in [0, 0.1) is 0 Å². The van der Waals surface area contributed by atoms with Crippen LogP contribution in [-0.4, -0.2) is 5.78 Å². The second-order valence-corrected chi connectivity index (χ2v) is 4.16. The summed E-state index contributed by atoms with van der Waals surface area (Å²) in [4.78, 5) is 11.4. The summed E-state index contributed by atoms with van der Waals surface area (Å²) >= 11 is 0. The zero-order chi connectivity index (χ0) is 10.6. The number of ketones is 1. The monoisotopic (exact) mass is 234 g/mol. The number of halogens is 1. The first-order valence-corrected chi connectivity index (χ1v) is 6.33. The van der Waals surface area contributed by atoms with Gasteiger partial charge in [0.05, 0.1) is 0 Å². The van der Waals surface area contributed by atoms with E-state index in [2.05, 4.69) is 13.8 Å². The van der Waals surface area contributed by atoms with Gasteiger partial charge in [0.25, 0.3) is 0 Å². The molecule has 0 heterocycles. The zero-order valence-corrected chi connectivity index (χ0v) is 11.2. The quantitative estimate of drug-likeness (QED) is 0.491. The molecule has 0 amide bonds. The van der Waals surface area contributed by atoms with Crippen LogP contribution in [0.3, 0.4) is 0 Å². The normalized spacial score (nSPS) is 9.73. The molecule has 0 aliphatic rings. The Labute approximate surface area is 101 Å². The van der Waals surface area contributed by atoms with Crippen molar-refractivity contribution in [3.8, 4) is 0 Å². The molecule has 0 spiro atoms. The van der Waals surface area contributed by atoms with E-state index in [1.807, 2.05) is 0 Å². The maximum Gasteiger partial charge on any atom is 0.132 e. The minimum absolute atomic E-state index is 0. The van der Waals surface area contributed by atoms with Crippen LogP contribution in [0.4, 0.5) is 0 Å². The highest BCUT2D eigenvalue weighted by molar-refractivity contribution is 5.85. The third-order valence-corrected chi connectivity index (χ3v) is 2.62. The summed E-state index contributed by atoms with van der Waals surface area (Å²) in [7, 11) is 0. The van der Waals surface area contributed by atoms with Gasteiger partial charge in [-0.3, -0.25) is 4.79 Å². The highest BCUT2D eigenvalue weighted by Crippen LogP contribution is 2.08. The molecule has 0 rings (SSSR count). The lowest BCUT2D eigenvalue weighted by Crippen LogP contribution is -1.97. The van der Waals surface area contributed by atoms with Gasteiger partial charge in [0.2, 0.25) is 0 Å². The molecule has 0 saturated heterocycles. The standard InChI is InChI=1S/C13H26O.ClH/c1-3-5-7-9-11-13(14)12-10-8-6-4-2;/h3-12H2,1-2H3;1H. The van der Waals surface area contributed by atoms with Crippen molar-refractivity contribution in [3.63, 3.8) is 0 Å². The van der Waals surface area contributed by atoms with E-state index in [0.29, 0.717) is 5.78 Å². The Bertz CT molecular complexity index is 120. The Hall–Kier alpha value is -0.0400. The van der Waals surface area contributed by atoms with E-state index in [1.165, 1.54) is 38.5 Å². The van der Waals surface area contributed by atoms with Gasteiger partial charge in [0.15, 0.2) is 0 Å². The van der Waals surface area contributed by atoms with Crippen LogP contribution in [0.25, 0.3) is 0 Å². The average Bonchev–Trinajstić information content (AvgIpc) is 2.19. The molecular weight excluding hydrogens is 208 g/mol. The summed E-state index contributed by atoms with van der Waals surface area (Å²) in [6.07, 6.45) is 11.4. The third kappa shape index (κ3) is 14.0. The highest BCUT2D eigenvalue weighted by atomic mass is 35.5. The molecule has 0 aliphatic carbocycles. The fourth-order valence-corrected chi connectivity index (χ4v) is 1.62. The number of unbranched alkanes of at least 4 members (excludes halogenated alkanes) is 6. The number of Topliss-reactive ketones (excluding diaryl/α,β-unsaturated/α-hetero) is 1. The highest BCUT2D eigenvalue weighted by Gasteiger charge is 2.00. The molecule has 92 valence electrons. The van der Waals surface area contributed by atoms with Gasteiger partial charge >= 0.3 is 0 Å². The minimum atomic E-state index is 0. The van der Waals surface area contributed by atoms with Crippen molar-refractivity contribution in [2.75, 3.05) is 0 Å². The van der Waals surface area contributed by atoms with Gasteiger partial charge in [-0.05, 0) is 12.8 Å². The van der Waals surface area contributed by atoms with Crippen molar-refractivity contribution < 1.29 is 4.79 Å². The van der Waals surface area contributed by atoms with E-state index in [-0.39, 0.29) is 12.4 Å². The van der Waals surface area contributed by atoms with Crippen LogP contribution in [0.15, 0.2) is 0 Å². The number of hydrogen-bond donors (Lipinski definition) is 0. The first-order chi connectivity index (χ1) is 6.81. The molecule has 0 radical (unpaired) electrons. The predicted octanol–water partition coefficient (Wildman–Crippen LogP) is 4.92. The van der Waals surface area contributed by atoms with Crippen LogP contribution in [0.1, 0.15) is 78.1 Å². The van der Waals surface area contributed by atoms with E-state index in [1.54, 1.807) is 0 Å². The summed E-state index contributed by atoms with van der Waals surface area (Å²) in [5.41, 5.74) is 0. The predicted molar refractivity (Wildman–Crippen MR) is 69.8 cm³/mol. The molecule has 0 aromatic heterocycles. The molecule has 0 atom stereocenters. The molecule has 2 heteroatoms. The Morgan fingerprint density at radius 3 is 1.47 bits per heavy atom. The zero-order valence-electron chi connectivity index (χ0n) is 10.4. The summed E-state index contributed by atoms with van der Waals surface area (Å²) in [6, 6.07) is 0. The Morgan fingerprint density at radius 2 is 1.13 bits per heavy atom. The van der Waals surface area contributed by atoms with Gasteiger partial charge in [-0.1, -0.05) is 52.4 Å². The van der Waals surface area contributed by atoms with E-state index in [0.717, 1.165) is 25.7 Å². The van der Waals surface area contributed by atoms with Crippen molar-refractivity contribution in [1.29, 1.82) is 0 Å². The first kappa shape index (κ1) is 17.4. The van der Waals surface area contributed by atoms with Crippen LogP contribution in [0.5, 0.6) is 0 Å². The molecule has 0 unspecified atom stereocenters. The largest absolute Gasteiger partial charge is 0.300 e. The van der Waals surface area contributed by atoms with E-state index >= 15 is 0 Å². The van der Waals surface area contributed by atoms with Gasteiger partial charge in [-0.15, -0.1) is 12.4 Å². The van der Waals surface area contributed by atoms with Gasteiger partial charge in [-0.2, -0.15) is 0 Å². The molecule has 0 bridgehead atoms. The van der Waals surface area contributed by atoms with E-state index in [9.17, 15) is 4.79 Å². The van der Waals surface area contributed by atoms with Crippen LogP contribution < -0.4 is 0 Å². The lowest BCUT2D eigenvalue weighted by atomic mass is 10.0. The number of hydrogen-bond acceptors (Lipinski definition) is 1. The smallest absolute Gasteiger partial charge is 0.132 e.